The number of β-amino-alcohol motifs (C(OH)–C–C–N with tert-alkyl or cyclic N) is 1. The number of halogens is 3. The number of benzene rings is 1. The zero-order valence-corrected chi connectivity index (χ0v) is 13.6. The first-order valence-electron chi connectivity index (χ1n) is 7.38. The molecule has 0 radical (unpaired) electrons. The number of aromatic nitrogens is 1. The van der Waals surface area contributed by atoms with Gasteiger partial charge >= 0.3 is 6.18 Å². The van der Waals surface area contributed by atoms with Crippen LogP contribution in [-0.4, -0.2) is 35.1 Å². The van der Waals surface area contributed by atoms with E-state index in [2.05, 4.69) is 4.98 Å². The van der Waals surface area contributed by atoms with E-state index in [1.54, 1.807) is 6.92 Å². The lowest BCUT2D eigenvalue weighted by atomic mass is 10.1. The van der Waals surface area contributed by atoms with E-state index in [4.69, 9.17) is 0 Å². The second-order valence-electron chi connectivity index (χ2n) is 5.71. The van der Waals surface area contributed by atoms with Gasteiger partial charge in [0.2, 0.25) is 5.78 Å². The number of alkyl halides is 3. The molecule has 1 aliphatic rings. The molecule has 1 N–H and O–H groups in total. The number of rotatable bonds is 3. The molecule has 0 amide bonds. The van der Waals surface area contributed by atoms with Crippen LogP contribution in [0.25, 0.3) is 0 Å². The minimum absolute atomic E-state index is 0.00965. The van der Waals surface area contributed by atoms with Crippen molar-refractivity contribution < 1.29 is 23.1 Å². The fourth-order valence-corrected chi connectivity index (χ4v) is 3.68. The second kappa shape index (κ2) is 6.18. The van der Waals surface area contributed by atoms with Crippen molar-refractivity contribution >= 4 is 22.3 Å². The van der Waals surface area contributed by atoms with Crippen LogP contribution in [0, 0.1) is 6.92 Å². The van der Waals surface area contributed by atoms with Gasteiger partial charge in [0.05, 0.1) is 22.2 Å². The fraction of sp³-hybridized carbons (Fsp3) is 0.375. The summed E-state index contributed by atoms with van der Waals surface area (Å²) in [6.45, 7) is 2.75. The molecule has 0 bridgehead atoms. The summed E-state index contributed by atoms with van der Waals surface area (Å²) >= 11 is 1.15. The first-order chi connectivity index (χ1) is 11.3. The summed E-state index contributed by atoms with van der Waals surface area (Å²) < 4.78 is 38.4. The highest BCUT2D eigenvalue weighted by molar-refractivity contribution is 7.17. The van der Waals surface area contributed by atoms with Gasteiger partial charge in [0.15, 0.2) is 5.13 Å². The number of nitrogens with zero attached hydrogens (tertiary/aromatic N) is 2. The van der Waals surface area contributed by atoms with Gasteiger partial charge in [-0.25, -0.2) is 4.98 Å². The third-order valence-corrected chi connectivity index (χ3v) is 5.09. The maximum absolute atomic E-state index is 12.8. The van der Waals surface area contributed by atoms with E-state index in [-0.39, 0.29) is 5.56 Å². The number of hydrogen-bond donors (Lipinski definition) is 1. The largest absolute Gasteiger partial charge is 0.416 e. The van der Waals surface area contributed by atoms with E-state index in [0.717, 1.165) is 23.5 Å². The number of aliphatic hydroxyl groups is 1. The average molecular weight is 356 g/mol. The van der Waals surface area contributed by atoms with Crippen molar-refractivity contribution in [3.8, 4) is 0 Å². The standard InChI is InChI=1S/C16H15F3N2O2S/c1-9-14(24-15(20-9)21-6-5-12(22)8-21)13(23)10-3-2-4-11(7-10)16(17,18)19/h2-4,7,12,22H,5-6,8H2,1H3. The SMILES string of the molecule is Cc1nc(N2CCC(O)C2)sc1C(=O)c1cccc(C(F)(F)F)c1. The zero-order chi connectivity index (χ0) is 17.5. The fourth-order valence-electron chi connectivity index (χ4n) is 2.61. The van der Waals surface area contributed by atoms with Crippen molar-refractivity contribution in [2.24, 2.45) is 0 Å². The molecule has 1 saturated heterocycles. The zero-order valence-electron chi connectivity index (χ0n) is 12.8. The molecule has 1 aromatic heterocycles. The van der Waals surface area contributed by atoms with Crippen molar-refractivity contribution in [1.29, 1.82) is 0 Å². The normalized spacial score (nSPS) is 18.2. The predicted molar refractivity (Wildman–Crippen MR) is 84.6 cm³/mol. The van der Waals surface area contributed by atoms with E-state index in [9.17, 15) is 23.1 Å². The number of carbonyl (C=O) groups is 1. The highest BCUT2D eigenvalue weighted by Crippen LogP contribution is 2.33. The van der Waals surface area contributed by atoms with Crippen LogP contribution in [0.2, 0.25) is 0 Å². The smallest absolute Gasteiger partial charge is 0.391 e. The number of ketones is 1. The number of aryl methyl sites for hydroxylation is 1. The van der Waals surface area contributed by atoms with Crippen LogP contribution < -0.4 is 4.90 Å². The molecule has 0 spiro atoms. The minimum Gasteiger partial charge on any atom is -0.391 e. The highest BCUT2D eigenvalue weighted by atomic mass is 32.1. The summed E-state index contributed by atoms with van der Waals surface area (Å²) in [7, 11) is 0. The molecular weight excluding hydrogens is 341 g/mol. The molecule has 1 fully saturated rings. The molecule has 2 heterocycles. The van der Waals surface area contributed by atoms with E-state index >= 15 is 0 Å². The second-order valence-corrected chi connectivity index (χ2v) is 6.68. The molecule has 0 aliphatic carbocycles. The summed E-state index contributed by atoms with van der Waals surface area (Å²) in [6.07, 6.45) is -4.28. The third kappa shape index (κ3) is 3.29. The van der Waals surface area contributed by atoms with Crippen molar-refractivity contribution in [2.45, 2.75) is 25.6 Å². The third-order valence-electron chi connectivity index (χ3n) is 3.88. The van der Waals surface area contributed by atoms with Gasteiger partial charge < -0.3 is 10.0 Å². The number of anilines is 1. The van der Waals surface area contributed by atoms with E-state index in [0.29, 0.717) is 35.2 Å². The summed E-state index contributed by atoms with van der Waals surface area (Å²) in [4.78, 5) is 19.1. The number of carbonyl (C=O) groups excluding carboxylic acids is 1. The lowest BCUT2D eigenvalue weighted by molar-refractivity contribution is -0.137. The Hall–Kier alpha value is -1.93. The van der Waals surface area contributed by atoms with Crippen LogP contribution in [0.3, 0.4) is 0 Å². The summed E-state index contributed by atoms with van der Waals surface area (Å²) in [6, 6.07) is 4.40. The number of aliphatic hydroxyl groups excluding tert-OH is 1. The molecule has 4 nitrogen and oxygen atoms in total. The van der Waals surface area contributed by atoms with E-state index in [1.807, 2.05) is 4.90 Å². The molecule has 1 aliphatic heterocycles. The van der Waals surface area contributed by atoms with Crippen molar-refractivity contribution in [1.82, 2.24) is 4.98 Å². The Kier molecular flexibility index (Phi) is 4.35. The first-order valence-corrected chi connectivity index (χ1v) is 8.20. The average Bonchev–Trinajstić information content (AvgIpc) is 3.12. The van der Waals surface area contributed by atoms with Crippen LogP contribution in [0.1, 0.15) is 32.9 Å². The molecule has 0 saturated carbocycles. The topological polar surface area (TPSA) is 53.4 Å². The Morgan fingerprint density at radius 3 is 2.79 bits per heavy atom. The number of hydrogen-bond acceptors (Lipinski definition) is 5. The number of thiazole rings is 1. The lowest BCUT2D eigenvalue weighted by Crippen LogP contribution is -2.20. The van der Waals surface area contributed by atoms with Gasteiger partial charge in [-0.15, -0.1) is 0 Å². The minimum atomic E-state index is -4.49. The highest BCUT2D eigenvalue weighted by Gasteiger charge is 2.31. The summed E-state index contributed by atoms with van der Waals surface area (Å²) in [5, 5.41) is 10.2. The van der Waals surface area contributed by atoms with Crippen LogP contribution in [-0.2, 0) is 6.18 Å². The van der Waals surface area contributed by atoms with Gasteiger partial charge in [0.1, 0.15) is 0 Å². The maximum Gasteiger partial charge on any atom is 0.416 e. The Morgan fingerprint density at radius 2 is 2.17 bits per heavy atom. The molecule has 128 valence electrons. The van der Waals surface area contributed by atoms with Crippen molar-refractivity contribution in [3.63, 3.8) is 0 Å². The predicted octanol–water partition coefficient (Wildman–Crippen LogP) is 3.27. The molecule has 1 atom stereocenters. The molecule has 1 aromatic carbocycles. The molecule has 8 heteroatoms. The van der Waals surface area contributed by atoms with Crippen LogP contribution >= 0.6 is 11.3 Å². The van der Waals surface area contributed by atoms with Gasteiger partial charge in [0.25, 0.3) is 0 Å². The first kappa shape index (κ1) is 16.9. The van der Waals surface area contributed by atoms with E-state index < -0.39 is 23.6 Å². The molecule has 1 unspecified atom stereocenters. The van der Waals surface area contributed by atoms with Gasteiger partial charge in [-0.2, -0.15) is 13.2 Å². The Morgan fingerprint density at radius 1 is 1.42 bits per heavy atom. The van der Waals surface area contributed by atoms with Gasteiger partial charge in [-0.05, 0) is 25.5 Å². The van der Waals surface area contributed by atoms with Gasteiger partial charge in [-0.1, -0.05) is 23.5 Å². The van der Waals surface area contributed by atoms with Gasteiger partial charge in [0, 0.05) is 18.7 Å². The van der Waals surface area contributed by atoms with Crippen molar-refractivity contribution in [2.75, 3.05) is 18.0 Å². The van der Waals surface area contributed by atoms with Crippen LogP contribution in [0.5, 0.6) is 0 Å². The Bertz CT molecular complexity index is 773. The van der Waals surface area contributed by atoms with Crippen LogP contribution in [0.4, 0.5) is 18.3 Å². The van der Waals surface area contributed by atoms with Gasteiger partial charge in [-0.3, -0.25) is 4.79 Å². The Balaban J connectivity index is 1.89. The summed E-state index contributed by atoms with van der Waals surface area (Å²) in [5.41, 5.74) is -0.373. The molecule has 3 rings (SSSR count). The quantitative estimate of drug-likeness (QED) is 0.858. The Labute approximate surface area is 140 Å². The molecular formula is C16H15F3N2O2S. The molecule has 2 aromatic rings. The summed E-state index contributed by atoms with van der Waals surface area (Å²) in [5.74, 6) is -0.470. The van der Waals surface area contributed by atoms with Crippen LogP contribution in [0.15, 0.2) is 24.3 Å². The maximum atomic E-state index is 12.8. The molecule has 24 heavy (non-hydrogen) atoms. The monoisotopic (exact) mass is 356 g/mol. The van der Waals surface area contributed by atoms with E-state index in [1.165, 1.54) is 12.1 Å². The van der Waals surface area contributed by atoms with Crippen molar-refractivity contribution in [3.05, 3.63) is 46.0 Å². The lowest BCUT2D eigenvalue weighted by Gasteiger charge is -2.12.